The molecule has 0 saturated carbocycles. The Hall–Kier alpha value is -6.03. The minimum Gasteiger partial charge on any atom is -0.360 e. The summed E-state index contributed by atoms with van der Waals surface area (Å²) in [6.45, 7) is 0. The molecule has 2 saturated heterocycles. The summed E-state index contributed by atoms with van der Waals surface area (Å²) >= 11 is 1.53. The second-order valence-corrected chi connectivity index (χ2v) is 13.8. The molecule has 50 heavy (non-hydrogen) atoms. The summed E-state index contributed by atoms with van der Waals surface area (Å²) in [4.78, 5) is 47.3. The molecular formula is C38H27N7O4S. The number of ketones is 1. The summed E-state index contributed by atoms with van der Waals surface area (Å²) in [6, 6.07) is 32.5. The number of nitro benzene ring substituents is 1. The third-order valence-corrected chi connectivity index (χ3v) is 11.5. The number of hydrogen-bond acceptors (Lipinski definition) is 8. The fourth-order valence-electron chi connectivity index (χ4n) is 8.39. The van der Waals surface area contributed by atoms with Crippen molar-refractivity contribution in [3.05, 3.63) is 142 Å². The molecule has 1 amide bonds. The first kappa shape index (κ1) is 30.1. The zero-order valence-electron chi connectivity index (χ0n) is 26.3. The van der Waals surface area contributed by atoms with Crippen molar-refractivity contribution < 1.29 is 14.5 Å². The summed E-state index contributed by atoms with van der Waals surface area (Å²) in [5, 5.41) is 32.6. The molecule has 6 aromatic rings. The number of hydrogen-bond donors (Lipinski definition) is 2. The van der Waals surface area contributed by atoms with Gasteiger partial charge in [-0.25, -0.2) is 4.68 Å². The van der Waals surface area contributed by atoms with Crippen LogP contribution in [0.1, 0.15) is 27.4 Å². The molecule has 9 rings (SSSR count). The van der Waals surface area contributed by atoms with Gasteiger partial charge in [0.15, 0.2) is 5.78 Å². The van der Waals surface area contributed by atoms with Gasteiger partial charge in [-0.2, -0.15) is 10.4 Å². The number of fused-ring (bicyclic) bond motifs is 5. The van der Waals surface area contributed by atoms with Crippen LogP contribution in [0.2, 0.25) is 0 Å². The Labute approximate surface area is 289 Å². The number of nitrogens with one attached hydrogen (secondary N) is 2. The van der Waals surface area contributed by atoms with Crippen molar-refractivity contribution in [1.82, 2.24) is 19.7 Å². The van der Waals surface area contributed by atoms with E-state index in [0.29, 0.717) is 45.1 Å². The summed E-state index contributed by atoms with van der Waals surface area (Å²) < 4.78 is 1.71. The lowest BCUT2D eigenvalue weighted by atomic mass is 9.60. The van der Waals surface area contributed by atoms with Crippen molar-refractivity contribution in [2.75, 3.05) is 16.9 Å². The topological polar surface area (TPSA) is 150 Å². The molecule has 0 aliphatic carbocycles. The molecule has 3 aliphatic heterocycles. The molecule has 12 heteroatoms. The van der Waals surface area contributed by atoms with E-state index in [0.717, 1.165) is 16.8 Å². The van der Waals surface area contributed by atoms with E-state index in [1.165, 1.54) is 30.0 Å². The van der Waals surface area contributed by atoms with Crippen LogP contribution in [0.25, 0.3) is 27.8 Å². The molecule has 0 radical (unpaired) electrons. The van der Waals surface area contributed by atoms with E-state index >= 15 is 4.79 Å². The van der Waals surface area contributed by atoms with Crippen molar-refractivity contribution in [1.29, 1.82) is 5.26 Å². The standard InChI is InChI=1S/C38H27N7O4S/c39-21-37(35(46)27-18-40-30-14-8-7-13-26(27)30)32-20-50-22-43(32)38(29-17-25(45(48)49)15-16-31(29)41-36(38)47)34(37)28-19-44(24-11-5-2-6-12-24)42-33(28)23-9-3-1-4-10-23/h1-19,32,34,40H,20,22H2,(H,41,47)/t32?,34-,37+,38+/m1/s1. The Balaban J connectivity index is 1.41. The summed E-state index contributed by atoms with van der Waals surface area (Å²) in [5.41, 5.74) is 0.678. The van der Waals surface area contributed by atoms with Crippen molar-refractivity contribution in [2.24, 2.45) is 5.41 Å². The molecule has 2 N–H and O–H groups in total. The molecule has 5 heterocycles. The minimum absolute atomic E-state index is 0.192. The van der Waals surface area contributed by atoms with Crippen LogP contribution in [0, 0.1) is 26.9 Å². The van der Waals surface area contributed by atoms with Crippen LogP contribution in [0.15, 0.2) is 116 Å². The molecule has 3 aliphatic rings. The van der Waals surface area contributed by atoms with Crippen LogP contribution in [0.4, 0.5) is 11.4 Å². The van der Waals surface area contributed by atoms with Gasteiger partial charge in [-0.3, -0.25) is 24.6 Å². The quantitative estimate of drug-likeness (QED) is 0.113. The lowest BCUT2D eigenvalue weighted by molar-refractivity contribution is -0.384. The van der Waals surface area contributed by atoms with Crippen LogP contribution in [0.3, 0.4) is 0 Å². The maximum Gasteiger partial charge on any atom is 0.269 e. The Kier molecular flexibility index (Phi) is 6.61. The van der Waals surface area contributed by atoms with E-state index in [1.807, 2.05) is 96.0 Å². The van der Waals surface area contributed by atoms with Gasteiger partial charge >= 0.3 is 0 Å². The fraction of sp³-hybridized carbons (Fsp3) is 0.158. The summed E-state index contributed by atoms with van der Waals surface area (Å²) in [6.07, 6.45) is 3.45. The van der Waals surface area contributed by atoms with Crippen LogP contribution >= 0.6 is 11.8 Å². The molecule has 4 atom stereocenters. The number of rotatable bonds is 6. The molecule has 4 aromatic carbocycles. The minimum atomic E-state index is -1.83. The molecule has 2 fully saturated rings. The highest BCUT2D eigenvalue weighted by Gasteiger charge is 2.77. The third-order valence-electron chi connectivity index (χ3n) is 10.5. The van der Waals surface area contributed by atoms with E-state index in [2.05, 4.69) is 16.4 Å². The zero-order chi connectivity index (χ0) is 34.2. The first-order chi connectivity index (χ1) is 24.4. The average molecular weight is 678 g/mol. The number of nitriles is 1. The van der Waals surface area contributed by atoms with Gasteiger partial charge in [-0.15, -0.1) is 11.8 Å². The highest BCUT2D eigenvalue weighted by atomic mass is 32.2. The maximum absolute atomic E-state index is 15.5. The Morgan fingerprint density at radius 2 is 1.76 bits per heavy atom. The van der Waals surface area contributed by atoms with Gasteiger partial charge in [0.1, 0.15) is 11.0 Å². The number of aromatic nitrogens is 3. The van der Waals surface area contributed by atoms with Gasteiger partial charge in [-0.05, 0) is 24.3 Å². The predicted octanol–water partition coefficient (Wildman–Crippen LogP) is 6.64. The lowest BCUT2D eigenvalue weighted by Gasteiger charge is -2.38. The number of anilines is 1. The normalized spacial score (nSPS) is 23.9. The van der Waals surface area contributed by atoms with Crippen molar-refractivity contribution >= 4 is 45.7 Å². The molecule has 1 spiro atoms. The molecule has 244 valence electrons. The summed E-state index contributed by atoms with van der Waals surface area (Å²) in [5.74, 6) is -1.28. The Morgan fingerprint density at radius 1 is 1.02 bits per heavy atom. The van der Waals surface area contributed by atoms with Gasteiger partial charge in [-0.1, -0.05) is 66.7 Å². The predicted molar refractivity (Wildman–Crippen MR) is 189 cm³/mol. The van der Waals surface area contributed by atoms with Gasteiger partial charge < -0.3 is 10.3 Å². The zero-order valence-corrected chi connectivity index (χ0v) is 27.1. The molecular weight excluding hydrogens is 651 g/mol. The highest BCUT2D eigenvalue weighted by Crippen LogP contribution is 2.68. The van der Waals surface area contributed by atoms with Gasteiger partial charge in [0.05, 0.1) is 22.4 Å². The lowest BCUT2D eigenvalue weighted by Crippen LogP contribution is -2.50. The van der Waals surface area contributed by atoms with Crippen molar-refractivity contribution in [2.45, 2.75) is 17.5 Å². The first-order valence-electron chi connectivity index (χ1n) is 16.1. The second-order valence-electron chi connectivity index (χ2n) is 12.8. The van der Waals surface area contributed by atoms with E-state index in [1.54, 1.807) is 10.9 Å². The second kappa shape index (κ2) is 11.0. The number of non-ortho nitro benzene ring substituents is 1. The number of amides is 1. The molecule has 2 aromatic heterocycles. The number of benzene rings is 4. The van der Waals surface area contributed by atoms with Crippen LogP contribution in [-0.2, 0) is 10.3 Å². The average Bonchev–Trinajstić information content (AvgIpc) is 3.97. The smallest absolute Gasteiger partial charge is 0.269 e. The number of nitrogens with zero attached hydrogens (tertiary/aromatic N) is 5. The van der Waals surface area contributed by atoms with Gasteiger partial charge in [0, 0.05) is 87.0 Å². The number of nitro groups is 1. The number of Topliss-reactive ketones (excluding diaryl/α,β-unsaturated/α-hetero) is 1. The number of H-pyrrole nitrogens is 1. The Morgan fingerprint density at radius 3 is 2.52 bits per heavy atom. The van der Waals surface area contributed by atoms with Crippen LogP contribution in [-0.4, -0.2) is 53.9 Å². The van der Waals surface area contributed by atoms with E-state index in [4.69, 9.17) is 5.10 Å². The fourth-order valence-corrected chi connectivity index (χ4v) is 9.75. The van der Waals surface area contributed by atoms with Crippen molar-refractivity contribution in [3.63, 3.8) is 0 Å². The SMILES string of the molecule is N#C[C@]1(C(=O)c2c[nH]c3ccccc23)C2CSCN2[C@]2(C(=O)Nc3ccc([N+](=O)[O-])cc32)[C@@H]1c1cn(-c2ccccc2)nc1-c1ccccc1. The largest absolute Gasteiger partial charge is 0.360 e. The monoisotopic (exact) mass is 677 g/mol. The van der Waals surface area contributed by atoms with Crippen molar-refractivity contribution in [3.8, 4) is 23.0 Å². The summed E-state index contributed by atoms with van der Waals surface area (Å²) in [7, 11) is 0. The van der Waals surface area contributed by atoms with Gasteiger partial charge in [0.25, 0.3) is 5.69 Å². The maximum atomic E-state index is 15.5. The van der Waals surface area contributed by atoms with E-state index in [-0.39, 0.29) is 5.69 Å². The number of carbonyl (C=O) groups excluding carboxylic acids is 2. The third kappa shape index (κ3) is 3.93. The molecule has 0 bridgehead atoms. The number of carbonyl (C=O) groups is 2. The Bertz CT molecular complexity index is 2420. The van der Waals surface area contributed by atoms with E-state index < -0.39 is 39.5 Å². The molecule has 1 unspecified atom stereocenters. The molecule has 11 nitrogen and oxygen atoms in total. The number of aromatic amines is 1. The van der Waals surface area contributed by atoms with Gasteiger partial charge in [0.2, 0.25) is 5.91 Å². The number of thioether (sulfide) groups is 1. The van der Waals surface area contributed by atoms with Crippen LogP contribution < -0.4 is 5.32 Å². The highest BCUT2D eigenvalue weighted by molar-refractivity contribution is 7.99. The first-order valence-corrected chi connectivity index (χ1v) is 17.2. The number of para-hydroxylation sites is 2. The van der Waals surface area contributed by atoms with Crippen LogP contribution in [0.5, 0.6) is 0 Å². The van der Waals surface area contributed by atoms with E-state index in [9.17, 15) is 20.2 Å².